The molecule has 0 radical (unpaired) electrons. The van der Waals surface area contributed by atoms with Crippen LogP contribution in [0.25, 0.3) is 0 Å². The van der Waals surface area contributed by atoms with E-state index in [0.717, 1.165) is 34.1 Å². The van der Waals surface area contributed by atoms with Crippen LogP contribution in [0, 0.1) is 0 Å². The quantitative estimate of drug-likeness (QED) is 0.197. The molecule has 2 aliphatic heterocycles. The molecule has 6 aromatic rings. The van der Waals surface area contributed by atoms with Crippen LogP contribution < -0.4 is 9.80 Å². The molecule has 0 amide bonds. The van der Waals surface area contributed by atoms with Crippen molar-refractivity contribution >= 4 is 44.9 Å². The van der Waals surface area contributed by atoms with E-state index in [1.165, 1.54) is 22.3 Å². The van der Waals surface area contributed by atoms with E-state index >= 15 is 0 Å². The van der Waals surface area contributed by atoms with E-state index in [1.807, 2.05) is 36.7 Å². The zero-order valence-electron chi connectivity index (χ0n) is 26.3. The van der Waals surface area contributed by atoms with Crippen LogP contribution in [0.3, 0.4) is 0 Å². The Bertz CT molecular complexity index is 1890. The monoisotopic (exact) mass is 618 g/mol. The first kappa shape index (κ1) is 28.4. The van der Waals surface area contributed by atoms with Crippen LogP contribution in [0.2, 0.25) is 0 Å². The van der Waals surface area contributed by atoms with Gasteiger partial charge in [-0.25, -0.2) is 14.2 Å². The number of aromatic nitrogens is 2. The van der Waals surface area contributed by atoms with Gasteiger partial charge in [0.05, 0.1) is 46.5 Å². The van der Waals surface area contributed by atoms with E-state index in [9.17, 15) is 4.21 Å². The van der Waals surface area contributed by atoms with Crippen LogP contribution in [0.15, 0.2) is 144 Å². The number of para-hydroxylation sites is 4. The van der Waals surface area contributed by atoms with Crippen LogP contribution in [0.1, 0.15) is 49.9 Å². The maximum Gasteiger partial charge on any atom is 0.133 e. The molecule has 2 aliphatic rings. The van der Waals surface area contributed by atoms with Gasteiger partial charge in [0.15, 0.2) is 0 Å². The number of benzene rings is 4. The first-order valence-electron chi connectivity index (χ1n) is 15.6. The van der Waals surface area contributed by atoms with Gasteiger partial charge in [-0.1, -0.05) is 100 Å². The summed E-state index contributed by atoms with van der Waals surface area (Å²) < 4.78 is 13.7. The Balaban J connectivity index is 1.11. The Kier molecular flexibility index (Phi) is 6.48. The van der Waals surface area contributed by atoms with Crippen LogP contribution in [-0.4, -0.2) is 14.2 Å². The first-order chi connectivity index (χ1) is 22.3. The SMILES string of the molecule is CC1(C)c2ccccc2N(c2ccc(S(=O)c3ccc(N4c5ccccc5C(C)(C)c5ccccc54)cn3)nc2)c2ccccc21. The standard InChI is InChI=1S/C40H34N4OS/c1-39(2)29-13-5-9-17-33(29)43(34-18-10-6-14-30(34)39)27-21-23-37(41-25-27)46(45)38-24-22-28(26-42-38)44-35-19-11-7-15-31(35)40(3,4)32-16-8-12-20-36(32)44/h5-26H,1-4H3. The van der Waals surface area contributed by atoms with Gasteiger partial charge in [-0.3, -0.25) is 0 Å². The molecule has 6 heteroatoms. The summed E-state index contributed by atoms with van der Waals surface area (Å²) in [6.45, 7) is 9.09. The number of anilines is 6. The lowest BCUT2D eigenvalue weighted by molar-refractivity contribution is 0.631. The van der Waals surface area contributed by atoms with Gasteiger partial charge in [-0.05, 0) is 70.8 Å². The molecule has 4 aromatic carbocycles. The summed E-state index contributed by atoms with van der Waals surface area (Å²) in [5, 5.41) is 0.941. The predicted molar refractivity (Wildman–Crippen MR) is 187 cm³/mol. The minimum atomic E-state index is -1.54. The molecule has 2 aromatic heterocycles. The zero-order chi connectivity index (χ0) is 31.6. The molecule has 0 bridgehead atoms. The second-order valence-corrected chi connectivity index (χ2v) is 14.3. The fraction of sp³-hybridized carbons (Fsp3) is 0.150. The molecule has 0 fully saturated rings. The molecule has 0 unspecified atom stereocenters. The highest BCUT2D eigenvalue weighted by molar-refractivity contribution is 7.84. The number of hydrogen-bond donors (Lipinski definition) is 0. The lowest BCUT2D eigenvalue weighted by atomic mass is 9.73. The third kappa shape index (κ3) is 4.24. The summed E-state index contributed by atoms with van der Waals surface area (Å²) in [5.74, 6) is 0. The zero-order valence-corrected chi connectivity index (χ0v) is 27.1. The minimum absolute atomic E-state index is 0.134. The van der Waals surface area contributed by atoms with E-state index in [2.05, 4.69) is 135 Å². The minimum Gasteiger partial charge on any atom is -0.308 e. The molecule has 226 valence electrons. The second kappa shape index (κ2) is 10.5. The number of pyridine rings is 2. The Morgan fingerprint density at radius 1 is 0.457 bits per heavy atom. The van der Waals surface area contributed by atoms with Crippen LogP contribution in [0.5, 0.6) is 0 Å². The Hall–Kier alpha value is -5.07. The highest BCUT2D eigenvalue weighted by Crippen LogP contribution is 2.53. The maximum absolute atomic E-state index is 13.7. The van der Waals surface area contributed by atoms with Gasteiger partial charge in [-0.15, -0.1) is 0 Å². The van der Waals surface area contributed by atoms with Gasteiger partial charge in [0.1, 0.15) is 20.9 Å². The smallest absolute Gasteiger partial charge is 0.133 e. The summed E-state index contributed by atoms with van der Waals surface area (Å²) in [4.78, 5) is 13.9. The van der Waals surface area contributed by atoms with Gasteiger partial charge in [0.2, 0.25) is 0 Å². The predicted octanol–water partition coefficient (Wildman–Crippen LogP) is 9.86. The van der Waals surface area contributed by atoms with Gasteiger partial charge >= 0.3 is 0 Å². The van der Waals surface area contributed by atoms with Crippen LogP contribution in [-0.2, 0) is 21.6 Å². The molecule has 0 saturated heterocycles. The fourth-order valence-electron chi connectivity index (χ4n) is 7.23. The van der Waals surface area contributed by atoms with Crippen molar-refractivity contribution < 1.29 is 4.21 Å². The lowest BCUT2D eigenvalue weighted by Gasteiger charge is -2.41. The first-order valence-corrected chi connectivity index (χ1v) is 16.7. The number of rotatable bonds is 4. The molecular weight excluding hydrogens is 585 g/mol. The molecule has 0 atom stereocenters. The van der Waals surface area contributed by atoms with Gasteiger partial charge in [0, 0.05) is 10.8 Å². The Morgan fingerprint density at radius 2 is 0.761 bits per heavy atom. The summed E-state index contributed by atoms with van der Waals surface area (Å²) in [6, 6.07) is 41.8. The second-order valence-electron chi connectivity index (χ2n) is 13.0. The summed E-state index contributed by atoms with van der Waals surface area (Å²) >= 11 is 0. The van der Waals surface area contributed by atoms with Crippen molar-refractivity contribution in [3.05, 3.63) is 156 Å². The summed E-state index contributed by atoms with van der Waals surface area (Å²) in [6.07, 6.45) is 3.63. The summed E-state index contributed by atoms with van der Waals surface area (Å²) in [5.41, 5.74) is 11.1. The fourth-order valence-corrected chi connectivity index (χ4v) is 8.13. The van der Waals surface area contributed by atoms with Crippen molar-refractivity contribution in [3.8, 4) is 0 Å². The van der Waals surface area contributed by atoms with Crippen molar-refractivity contribution in [3.63, 3.8) is 0 Å². The molecule has 0 saturated carbocycles. The molecule has 5 nitrogen and oxygen atoms in total. The molecule has 0 N–H and O–H groups in total. The molecule has 8 rings (SSSR count). The number of nitrogens with zero attached hydrogens (tertiary/aromatic N) is 4. The highest BCUT2D eigenvalue weighted by Gasteiger charge is 2.38. The molecule has 46 heavy (non-hydrogen) atoms. The highest BCUT2D eigenvalue weighted by atomic mass is 32.2. The molecule has 0 spiro atoms. The topological polar surface area (TPSA) is 49.3 Å². The van der Waals surface area contributed by atoms with Crippen molar-refractivity contribution in [1.29, 1.82) is 0 Å². The average molecular weight is 619 g/mol. The van der Waals surface area contributed by atoms with Crippen LogP contribution in [0.4, 0.5) is 34.1 Å². The van der Waals surface area contributed by atoms with Gasteiger partial charge in [0.25, 0.3) is 0 Å². The Labute approximate surface area is 272 Å². The van der Waals surface area contributed by atoms with Crippen molar-refractivity contribution in [2.24, 2.45) is 0 Å². The molecule has 4 heterocycles. The average Bonchev–Trinajstić information content (AvgIpc) is 3.09. The normalized spacial score (nSPS) is 15.5. The third-order valence-corrected chi connectivity index (χ3v) is 10.9. The van der Waals surface area contributed by atoms with E-state index in [4.69, 9.17) is 9.97 Å². The van der Waals surface area contributed by atoms with Crippen molar-refractivity contribution in [1.82, 2.24) is 9.97 Å². The van der Waals surface area contributed by atoms with Crippen molar-refractivity contribution in [2.45, 2.75) is 48.6 Å². The Morgan fingerprint density at radius 3 is 1.04 bits per heavy atom. The number of fused-ring (bicyclic) bond motifs is 4. The summed E-state index contributed by atoms with van der Waals surface area (Å²) in [7, 11) is -1.54. The third-order valence-electron chi connectivity index (χ3n) is 9.61. The largest absolute Gasteiger partial charge is 0.308 e. The van der Waals surface area contributed by atoms with Gasteiger partial charge < -0.3 is 9.80 Å². The lowest BCUT2D eigenvalue weighted by Crippen LogP contribution is -2.30. The van der Waals surface area contributed by atoms with Crippen molar-refractivity contribution in [2.75, 3.05) is 9.80 Å². The maximum atomic E-state index is 13.7. The van der Waals surface area contributed by atoms with E-state index in [-0.39, 0.29) is 10.8 Å². The van der Waals surface area contributed by atoms with Gasteiger partial charge in [-0.2, -0.15) is 0 Å². The van der Waals surface area contributed by atoms with Crippen LogP contribution >= 0.6 is 0 Å². The van der Waals surface area contributed by atoms with E-state index in [1.54, 1.807) is 0 Å². The van der Waals surface area contributed by atoms with E-state index in [0.29, 0.717) is 10.1 Å². The number of hydrogen-bond acceptors (Lipinski definition) is 5. The molecular formula is C40H34N4OS. The molecule has 0 aliphatic carbocycles. The van der Waals surface area contributed by atoms with E-state index < -0.39 is 10.8 Å².